The molecule has 0 saturated heterocycles. The first-order valence-corrected chi connectivity index (χ1v) is 10.2. The number of alkyl halides is 3. The minimum Gasteiger partial charge on any atom is -0.348 e. The Bertz CT molecular complexity index is 1240. The standard InChI is InChI=1S/C24H19F3N4O/c25-24(26,27)23(19-6-3-7-20-18(19)5-4-12-28-20)15-21(29-30-22(23)32)16-8-10-17(11-9-16)31-13-1-2-14-31/h1,3-13H,2,14-15H2,(H,30,32)/t23-/m1/s1. The summed E-state index contributed by atoms with van der Waals surface area (Å²) < 4.78 is 44.0. The molecule has 3 aromatic rings. The van der Waals surface area contributed by atoms with Gasteiger partial charge in [-0.3, -0.25) is 9.78 Å². The van der Waals surface area contributed by atoms with Crippen LogP contribution in [-0.2, 0) is 10.2 Å². The third-order valence-electron chi connectivity index (χ3n) is 6.06. The van der Waals surface area contributed by atoms with Gasteiger partial charge in [-0.2, -0.15) is 18.3 Å². The van der Waals surface area contributed by atoms with E-state index in [2.05, 4.69) is 26.5 Å². The molecule has 5 nitrogen and oxygen atoms in total. The van der Waals surface area contributed by atoms with Gasteiger partial charge in [0.25, 0.3) is 5.91 Å². The maximum absolute atomic E-state index is 14.7. The van der Waals surface area contributed by atoms with Gasteiger partial charge in [0, 0.05) is 36.4 Å². The highest BCUT2D eigenvalue weighted by Gasteiger charge is 2.63. The van der Waals surface area contributed by atoms with Crippen LogP contribution in [0.5, 0.6) is 0 Å². The number of anilines is 1. The fraction of sp³-hybridized carbons (Fsp3) is 0.208. The summed E-state index contributed by atoms with van der Waals surface area (Å²) >= 11 is 0. The van der Waals surface area contributed by atoms with Crippen LogP contribution < -0.4 is 10.3 Å². The average molecular weight is 436 g/mol. The van der Waals surface area contributed by atoms with Gasteiger partial charge in [-0.25, -0.2) is 5.43 Å². The number of hydrogen-bond acceptors (Lipinski definition) is 4. The molecule has 3 heterocycles. The van der Waals surface area contributed by atoms with Crippen LogP contribution in [0.15, 0.2) is 78.2 Å². The van der Waals surface area contributed by atoms with E-state index < -0.39 is 23.9 Å². The SMILES string of the molecule is O=C1NN=C(c2ccc(N3C=CCC3)cc2)C[C@]1(c1cccc2ncccc12)C(F)(F)F. The van der Waals surface area contributed by atoms with Crippen LogP contribution in [0.1, 0.15) is 24.0 Å². The summed E-state index contributed by atoms with van der Waals surface area (Å²) in [7, 11) is 0. The molecule has 2 aliphatic heterocycles. The molecule has 0 saturated carbocycles. The Balaban J connectivity index is 1.59. The van der Waals surface area contributed by atoms with Gasteiger partial charge in [0.1, 0.15) is 0 Å². The highest BCUT2D eigenvalue weighted by Crippen LogP contribution is 2.48. The number of fused-ring (bicyclic) bond motifs is 1. The number of rotatable bonds is 3. The Morgan fingerprint density at radius 2 is 1.84 bits per heavy atom. The lowest BCUT2D eigenvalue weighted by molar-refractivity contribution is -0.194. The molecular weight excluding hydrogens is 417 g/mol. The Labute approximate surface area is 182 Å². The fourth-order valence-corrected chi connectivity index (χ4v) is 4.38. The van der Waals surface area contributed by atoms with E-state index in [0.717, 1.165) is 18.7 Å². The number of aromatic nitrogens is 1. The van der Waals surface area contributed by atoms with Crippen LogP contribution in [0.4, 0.5) is 18.9 Å². The molecule has 0 radical (unpaired) electrons. The number of carbonyl (C=O) groups excluding carboxylic acids is 1. The van der Waals surface area contributed by atoms with Crippen LogP contribution >= 0.6 is 0 Å². The first kappa shape index (κ1) is 20.2. The lowest BCUT2D eigenvalue weighted by Gasteiger charge is -2.37. The van der Waals surface area contributed by atoms with Gasteiger partial charge in [-0.1, -0.05) is 36.4 Å². The van der Waals surface area contributed by atoms with Crippen molar-refractivity contribution >= 4 is 28.2 Å². The third kappa shape index (κ3) is 3.14. The zero-order valence-electron chi connectivity index (χ0n) is 16.9. The first-order chi connectivity index (χ1) is 15.4. The predicted octanol–water partition coefficient (Wildman–Crippen LogP) is 4.68. The molecule has 0 aliphatic carbocycles. The predicted molar refractivity (Wildman–Crippen MR) is 116 cm³/mol. The molecule has 2 aromatic carbocycles. The lowest BCUT2D eigenvalue weighted by atomic mass is 9.71. The van der Waals surface area contributed by atoms with Gasteiger partial charge in [-0.15, -0.1) is 0 Å². The second kappa shape index (κ2) is 7.47. The number of hydrazone groups is 1. The van der Waals surface area contributed by atoms with E-state index in [1.807, 2.05) is 18.3 Å². The van der Waals surface area contributed by atoms with Crippen LogP contribution in [0.25, 0.3) is 10.9 Å². The molecule has 8 heteroatoms. The third-order valence-corrected chi connectivity index (χ3v) is 6.06. The van der Waals surface area contributed by atoms with Crippen LogP contribution in [0.3, 0.4) is 0 Å². The number of nitrogens with zero attached hydrogens (tertiary/aromatic N) is 3. The second-order valence-corrected chi connectivity index (χ2v) is 7.87. The number of halogens is 3. The maximum Gasteiger partial charge on any atom is 0.407 e. The summed E-state index contributed by atoms with van der Waals surface area (Å²) in [6.07, 6.45) is 1.07. The highest BCUT2D eigenvalue weighted by atomic mass is 19.4. The zero-order chi connectivity index (χ0) is 22.3. The summed E-state index contributed by atoms with van der Waals surface area (Å²) in [5.74, 6) is -1.19. The van der Waals surface area contributed by atoms with Gasteiger partial charge in [0.2, 0.25) is 0 Å². The Hall–Kier alpha value is -3.68. The summed E-state index contributed by atoms with van der Waals surface area (Å²) in [6, 6.07) is 14.8. The molecule has 162 valence electrons. The monoisotopic (exact) mass is 436 g/mol. The average Bonchev–Trinajstić information content (AvgIpc) is 3.34. The minimum absolute atomic E-state index is 0.126. The number of pyridine rings is 1. The molecule has 0 spiro atoms. The molecule has 2 aliphatic rings. The van der Waals surface area contributed by atoms with E-state index >= 15 is 0 Å². The van der Waals surface area contributed by atoms with Crippen molar-refractivity contribution in [2.45, 2.75) is 24.4 Å². The Morgan fingerprint density at radius 3 is 2.56 bits per heavy atom. The summed E-state index contributed by atoms with van der Waals surface area (Å²) in [6.45, 7) is 0.864. The van der Waals surface area contributed by atoms with E-state index in [-0.39, 0.29) is 11.3 Å². The van der Waals surface area contributed by atoms with Crippen molar-refractivity contribution in [1.29, 1.82) is 0 Å². The fourth-order valence-electron chi connectivity index (χ4n) is 4.38. The number of amides is 1. The van der Waals surface area contributed by atoms with Crippen molar-refractivity contribution in [1.82, 2.24) is 10.4 Å². The number of benzene rings is 2. The second-order valence-electron chi connectivity index (χ2n) is 7.87. The van der Waals surface area contributed by atoms with Crippen LogP contribution in [0.2, 0.25) is 0 Å². The summed E-state index contributed by atoms with van der Waals surface area (Å²) in [4.78, 5) is 19.1. The van der Waals surface area contributed by atoms with E-state index in [0.29, 0.717) is 16.5 Å². The molecule has 1 atom stereocenters. The van der Waals surface area contributed by atoms with E-state index in [1.165, 1.54) is 18.3 Å². The molecule has 1 N–H and O–H groups in total. The molecule has 1 aromatic heterocycles. The number of hydrogen-bond donors (Lipinski definition) is 1. The molecule has 0 unspecified atom stereocenters. The zero-order valence-corrected chi connectivity index (χ0v) is 16.9. The van der Waals surface area contributed by atoms with Crippen molar-refractivity contribution in [3.63, 3.8) is 0 Å². The number of carbonyl (C=O) groups is 1. The minimum atomic E-state index is -4.84. The van der Waals surface area contributed by atoms with Crippen molar-refractivity contribution in [3.05, 3.63) is 84.2 Å². The lowest BCUT2D eigenvalue weighted by Crippen LogP contribution is -2.57. The number of nitrogens with one attached hydrogen (secondary N) is 1. The van der Waals surface area contributed by atoms with Crippen LogP contribution in [-0.4, -0.2) is 29.3 Å². The van der Waals surface area contributed by atoms with E-state index in [9.17, 15) is 18.0 Å². The summed E-state index contributed by atoms with van der Waals surface area (Å²) in [5.41, 5.74) is 1.30. The topological polar surface area (TPSA) is 57.6 Å². The van der Waals surface area contributed by atoms with Gasteiger partial charge in [0.05, 0.1) is 11.2 Å². The van der Waals surface area contributed by atoms with E-state index in [4.69, 9.17) is 0 Å². The van der Waals surface area contributed by atoms with Gasteiger partial charge >= 0.3 is 6.18 Å². The van der Waals surface area contributed by atoms with Crippen molar-refractivity contribution in [2.75, 3.05) is 11.4 Å². The Kier molecular flexibility index (Phi) is 4.73. The van der Waals surface area contributed by atoms with Crippen LogP contribution in [0, 0.1) is 0 Å². The highest BCUT2D eigenvalue weighted by molar-refractivity contribution is 6.09. The van der Waals surface area contributed by atoms with Crippen molar-refractivity contribution < 1.29 is 18.0 Å². The first-order valence-electron chi connectivity index (χ1n) is 10.2. The maximum atomic E-state index is 14.7. The molecule has 0 fully saturated rings. The summed E-state index contributed by atoms with van der Waals surface area (Å²) in [5, 5.41) is 4.29. The molecule has 32 heavy (non-hydrogen) atoms. The van der Waals surface area contributed by atoms with Crippen molar-refractivity contribution in [3.8, 4) is 0 Å². The molecule has 5 rings (SSSR count). The van der Waals surface area contributed by atoms with Gasteiger partial charge in [0.15, 0.2) is 5.41 Å². The largest absolute Gasteiger partial charge is 0.407 e. The smallest absolute Gasteiger partial charge is 0.348 e. The quantitative estimate of drug-likeness (QED) is 0.649. The Morgan fingerprint density at radius 1 is 1.03 bits per heavy atom. The normalized spacial score (nSPS) is 21.0. The van der Waals surface area contributed by atoms with Gasteiger partial charge in [-0.05, 0) is 41.8 Å². The van der Waals surface area contributed by atoms with Crippen molar-refractivity contribution in [2.24, 2.45) is 5.10 Å². The van der Waals surface area contributed by atoms with Gasteiger partial charge < -0.3 is 4.90 Å². The molecule has 1 amide bonds. The molecular formula is C24H19F3N4O. The van der Waals surface area contributed by atoms with E-state index in [1.54, 1.807) is 30.3 Å². The molecule has 0 bridgehead atoms.